The number of ether oxygens (including phenoxy) is 1. The zero-order valence-corrected chi connectivity index (χ0v) is 9.92. The van der Waals surface area contributed by atoms with Gasteiger partial charge >= 0.3 is 0 Å². The molecule has 0 saturated carbocycles. The molecule has 0 N–H and O–H groups in total. The molecule has 0 aromatic carbocycles. The van der Waals surface area contributed by atoms with Crippen LogP contribution in [-0.4, -0.2) is 22.8 Å². The molecular weight excluding hydrogens is 251 g/mol. The van der Waals surface area contributed by atoms with E-state index in [0.29, 0.717) is 33.4 Å². The van der Waals surface area contributed by atoms with Crippen LogP contribution in [-0.2, 0) is 11.3 Å². The van der Waals surface area contributed by atoms with E-state index in [9.17, 15) is 4.79 Å². The molecule has 2 aromatic heterocycles. The van der Waals surface area contributed by atoms with Crippen molar-refractivity contribution in [2.75, 3.05) is 7.11 Å². The van der Waals surface area contributed by atoms with Crippen LogP contribution in [0.15, 0.2) is 12.3 Å². The summed E-state index contributed by atoms with van der Waals surface area (Å²) in [6.07, 6.45) is 2.31. The third kappa shape index (κ3) is 1.80. The van der Waals surface area contributed by atoms with Crippen molar-refractivity contribution >= 4 is 35.1 Å². The van der Waals surface area contributed by atoms with Crippen LogP contribution in [0.1, 0.15) is 16.2 Å². The Morgan fingerprint density at radius 1 is 1.56 bits per heavy atom. The van der Waals surface area contributed by atoms with Gasteiger partial charge in [-0.25, -0.2) is 4.98 Å². The summed E-state index contributed by atoms with van der Waals surface area (Å²) in [5.74, 6) is 0. The third-order valence-corrected chi connectivity index (χ3v) is 2.63. The normalized spacial score (nSPS) is 10.9. The van der Waals surface area contributed by atoms with Gasteiger partial charge in [0.2, 0.25) is 0 Å². The molecule has 0 aliphatic carbocycles. The lowest BCUT2D eigenvalue weighted by Gasteiger charge is -1.98. The summed E-state index contributed by atoms with van der Waals surface area (Å²) < 4.78 is 6.52. The zero-order valence-electron chi connectivity index (χ0n) is 8.41. The maximum Gasteiger partial charge on any atom is 0.168 e. The largest absolute Gasteiger partial charge is 0.378 e. The summed E-state index contributed by atoms with van der Waals surface area (Å²) in [4.78, 5) is 15.2. The molecule has 2 aromatic rings. The maximum absolute atomic E-state index is 11.0. The zero-order chi connectivity index (χ0) is 11.7. The second-order valence-electron chi connectivity index (χ2n) is 3.19. The molecule has 0 bridgehead atoms. The van der Waals surface area contributed by atoms with E-state index in [0.717, 1.165) is 0 Å². The van der Waals surface area contributed by atoms with E-state index in [4.69, 9.17) is 27.9 Å². The first-order valence-corrected chi connectivity index (χ1v) is 5.23. The van der Waals surface area contributed by atoms with Gasteiger partial charge in [0.1, 0.15) is 5.69 Å². The number of pyridine rings is 1. The van der Waals surface area contributed by atoms with E-state index in [-0.39, 0.29) is 6.61 Å². The lowest BCUT2D eigenvalue weighted by Crippen LogP contribution is -1.96. The highest BCUT2D eigenvalue weighted by Crippen LogP contribution is 2.24. The monoisotopic (exact) mass is 258 g/mol. The number of carbonyl (C=O) groups is 1. The van der Waals surface area contributed by atoms with E-state index in [1.54, 1.807) is 16.7 Å². The van der Waals surface area contributed by atoms with Crippen LogP contribution < -0.4 is 0 Å². The van der Waals surface area contributed by atoms with Crippen LogP contribution in [0.5, 0.6) is 0 Å². The maximum atomic E-state index is 11.0. The Balaban J connectivity index is 2.76. The van der Waals surface area contributed by atoms with Crippen molar-refractivity contribution in [3.05, 3.63) is 33.7 Å². The fraction of sp³-hybridized carbons (Fsp3) is 0.200. The van der Waals surface area contributed by atoms with Crippen LogP contribution in [0.3, 0.4) is 0 Å². The lowest BCUT2D eigenvalue weighted by atomic mass is 10.3. The quantitative estimate of drug-likeness (QED) is 0.796. The first-order valence-electron chi connectivity index (χ1n) is 4.47. The second-order valence-corrected chi connectivity index (χ2v) is 4.04. The molecule has 84 valence electrons. The average molecular weight is 259 g/mol. The van der Waals surface area contributed by atoms with Gasteiger partial charge in [0.25, 0.3) is 0 Å². The number of hydrogen-bond donors (Lipinski definition) is 0. The van der Waals surface area contributed by atoms with Gasteiger partial charge in [0.05, 0.1) is 22.3 Å². The number of aldehydes is 1. The Bertz CT molecular complexity index is 551. The van der Waals surface area contributed by atoms with Crippen LogP contribution >= 0.6 is 23.2 Å². The van der Waals surface area contributed by atoms with Gasteiger partial charge in [-0.15, -0.1) is 0 Å². The SMILES string of the molecule is COCc1nc2c(Cl)cc(Cl)cn2c1C=O. The molecule has 0 radical (unpaired) electrons. The number of methoxy groups -OCH3 is 1. The number of nitrogens with zero attached hydrogens (tertiary/aromatic N) is 2. The fourth-order valence-electron chi connectivity index (χ4n) is 1.51. The van der Waals surface area contributed by atoms with Crippen LogP contribution in [0, 0.1) is 0 Å². The summed E-state index contributed by atoms with van der Waals surface area (Å²) in [7, 11) is 1.53. The Labute approximate surface area is 102 Å². The van der Waals surface area contributed by atoms with E-state index >= 15 is 0 Å². The average Bonchev–Trinajstić information content (AvgIpc) is 2.56. The highest BCUT2D eigenvalue weighted by Gasteiger charge is 2.14. The molecular formula is C10H8Cl2N2O2. The molecule has 0 fully saturated rings. The molecule has 0 aliphatic rings. The Kier molecular flexibility index (Phi) is 3.14. The number of hydrogen-bond acceptors (Lipinski definition) is 3. The third-order valence-electron chi connectivity index (χ3n) is 2.15. The summed E-state index contributed by atoms with van der Waals surface area (Å²) in [5.41, 5.74) is 1.45. The Morgan fingerprint density at radius 2 is 2.31 bits per heavy atom. The molecule has 0 saturated heterocycles. The van der Waals surface area contributed by atoms with Crippen molar-refractivity contribution in [3.63, 3.8) is 0 Å². The van der Waals surface area contributed by atoms with Gasteiger partial charge < -0.3 is 4.74 Å². The molecule has 0 unspecified atom stereocenters. The van der Waals surface area contributed by atoms with E-state index < -0.39 is 0 Å². The van der Waals surface area contributed by atoms with Crippen LogP contribution in [0.4, 0.5) is 0 Å². The second kappa shape index (κ2) is 4.41. The number of carbonyl (C=O) groups excluding carboxylic acids is 1. The molecule has 4 nitrogen and oxygen atoms in total. The van der Waals surface area contributed by atoms with Gasteiger partial charge in [-0.2, -0.15) is 0 Å². The predicted molar refractivity (Wildman–Crippen MR) is 61.3 cm³/mol. The Hall–Kier alpha value is -1.10. The predicted octanol–water partition coefficient (Wildman–Crippen LogP) is 2.60. The summed E-state index contributed by atoms with van der Waals surface area (Å²) in [6.45, 7) is 0.254. The van der Waals surface area contributed by atoms with E-state index in [1.165, 1.54) is 7.11 Å². The van der Waals surface area contributed by atoms with Crippen molar-refractivity contribution in [3.8, 4) is 0 Å². The molecule has 16 heavy (non-hydrogen) atoms. The van der Waals surface area contributed by atoms with Crippen molar-refractivity contribution in [1.29, 1.82) is 0 Å². The van der Waals surface area contributed by atoms with Gasteiger partial charge in [-0.1, -0.05) is 23.2 Å². The number of aromatic nitrogens is 2. The number of halogens is 2. The fourth-order valence-corrected chi connectivity index (χ4v) is 2.02. The van der Waals surface area contributed by atoms with Crippen LogP contribution in [0.25, 0.3) is 5.65 Å². The summed E-state index contributed by atoms with van der Waals surface area (Å²) in [6, 6.07) is 1.58. The number of imidazole rings is 1. The summed E-state index contributed by atoms with van der Waals surface area (Å²) >= 11 is 11.8. The first-order chi connectivity index (χ1) is 7.67. The van der Waals surface area contributed by atoms with Crippen molar-refractivity contribution in [2.45, 2.75) is 6.61 Å². The molecule has 0 aliphatic heterocycles. The standard InChI is InChI=1S/C10H8Cl2N2O2/c1-16-5-8-9(4-15)14-3-6(11)2-7(12)10(14)13-8/h2-4H,5H2,1H3. The number of rotatable bonds is 3. The highest BCUT2D eigenvalue weighted by molar-refractivity contribution is 6.36. The van der Waals surface area contributed by atoms with Crippen molar-refractivity contribution in [1.82, 2.24) is 9.38 Å². The molecule has 0 spiro atoms. The van der Waals surface area contributed by atoms with Gasteiger partial charge in [-0.3, -0.25) is 9.20 Å². The van der Waals surface area contributed by atoms with Gasteiger partial charge in [-0.05, 0) is 6.07 Å². The molecule has 6 heteroatoms. The van der Waals surface area contributed by atoms with Gasteiger partial charge in [0, 0.05) is 13.3 Å². The van der Waals surface area contributed by atoms with Gasteiger partial charge in [0.15, 0.2) is 11.9 Å². The minimum absolute atomic E-state index is 0.254. The number of fused-ring (bicyclic) bond motifs is 1. The van der Waals surface area contributed by atoms with Crippen molar-refractivity contribution < 1.29 is 9.53 Å². The molecule has 2 rings (SSSR count). The van der Waals surface area contributed by atoms with Crippen LogP contribution in [0.2, 0.25) is 10.0 Å². The van der Waals surface area contributed by atoms with E-state index in [1.807, 2.05) is 0 Å². The summed E-state index contributed by atoms with van der Waals surface area (Å²) in [5, 5.41) is 0.847. The highest BCUT2D eigenvalue weighted by atomic mass is 35.5. The molecule has 2 heterocycles. The van der Waals surface area contributed by atoms with Crippen molar-refractivity contribution in [2.24, 2.45) is 0 Å². The smallest absolute Gasteiger partial charge is 0.168 e. The molecule has 0 amide bonds. The lowest BCUT2D eigenvalue weighted by molar-refractivity contribution is 0.111. The topological polar surface area (TPSA) is 43.6 Å². The van der Waals surface area contributed by atoms with E-state index in [2.05, 4.69) is 4.98 Å². The minimum atomic E-state index is 0.254. The minimum Gasteiger partial charge on any atom is -0.378 e. The molecule has 0 atom stereocenters. The Morgan fingerprint density at radius 3 is 2.94 bits per heavy atom. The first kappa shape index (κ1) is 11.4.